The molecule has 2 heterocycles. The second-order valence-corrected chi connectivity index (χ2v) is 6.90. The predicted octanol–water partition coefficient (Wildman–Crippen LogP) is 4.24. The minimum absolute atomic E-state index is 0.279. The Labute approximate surface area is 151 Å². The van der Waals surface area contributed by atoms with Crippen LogP contribution >= 0.6 is 0 Å². The molecule has 1 aromatic heterocycles. The van der Waals surface area contributed by atoms with Crippen LogP contribution in [0.25, 0.3) is 0 Å². The fourth-order valence-corrected chi connectivity index (χ4v) is 3.78. The van der Waals surface area contributed by atoms with Gasteiger partial charge in [0.15, 0.2) is 17.5 Å². The zero-order chi connectivity index (χ0) is 17.9. The summed E-state index contributed by atoms with van der Waals surface area (Å²) in [5.74, 6) is 0.263. The molecule has 0 spiro atoms. The van der Waals surface area contributed by atoms with Gasteiger partial charge in [0.2, 0.25) is 0 Å². The van der Waals surface area contributed by atoms with Crippen molar-refractivity contribution in [2.24, 2.45) is 5.92 Å². The van der Waals surface area contributed by atoms with Gasteiger partial charge >= 0.3 is 0 Å². The molecule has 1 unspecified atom stereocenters. The fraction of sp³-hybridized carbons (Fsp3) is 0.474. The van der Waals surface area contributed by atoms with Crippen LogP contribution in [0.15, 0.2) is 30.6 Å². The fourth-order valence-electron chi connectivity index (χ4n) is 3.78. The summed E-state index contributed by atoms with van der Waals surface area (Å²) in [6, 6.07) is 5.60. The summed E-state index contributed by atoms with van der Waals surface area (Å²) < 4.78 is 27.8. The van der Waals surface area contributed by atoms with Crippen molar-refractivity contribution in [2.75, 3.05) is 23.5 Å². The van der Waals surface area contributed by atoms with Gasteiger partial charge in [0, 0.05) is 24.6 Å². The molecular weight excluding hydrogens is 338 g/mol. The molecule has 138 valence electrons. The first kappa shape index (κ1) is 17.1. The average Bonchev–Trinajstić information content (AvgIpc) is 3.34. The molecule has 0 bridgehead atoms. The Morgan fingerprint density at radius 2 is 2.00 bits per heavy atom. The molecule has 1 aliphatic heterocycles. The summed E-state index contributed by atoms with van der Waals surface area (Å²) >= 11 is 0. The first-order chi connectivity index (χ1) is 12.7. The lowest BCUT2D eigenvalue weighted by Crippen LogP contribution is -2.23. The maximum Gasteiger partial charge on any atom is 0.164 e. The molecule has 0 radical (unpaired) electrons. The van der Waals surface area contributed by atoms with Gasteiger partial charge in [0.05, 0.1) is 12.6 Å². The van der Waals surface area contributed by atoms with E-state index < -0.39 is 17.7 Å². The number of hydroxylamine groups is 1. The number of halogens is 2. The predicted molar refractivity (Wildman–Crippen MR) is 94.6 cm³/mol. The van der Waals surface area contributed by atoms with Gasteiger partial charge in [0.1, 0.15) is 12.1 Å². The quantitative estimate of drug-likeness (QED) is 0.864. The molecular formula is C19H22F2N4O. The van der Waals surface area contributed by atoms with E-state index in [0.29, 0.717) is 24.8 Å². The summed E-state index contributed by atoms with van der Waals surface area (Å²) in [7, 11) is 0. The molecule has 1 saturated carbocycles. The number of anilines is 2. The van der Waals surface area contributed by atoms with Gasteiger partial charge in [-0.05, 0) is 24.8 Å². The number of aromatic nitrogens is 2. The van der Waals surface area contributed by atoms with Crippen LogP contribution < -0.4 is 10.4 Å². The van der Waals surface area contributed by atoms with E-state index in [4.69, 9.17) is 4.84 Å². The van der Waals surface area contributed by atoms with Crippen molar-refractivity contribution >= 4 is 11.6 Å². The molecule has 4 rings (SSSR count). The lowest BCUT2D eigenvalue weighted by atomic mass is 10.0. The van der Waals surface area contributed by atoms with Gasteiger partial charge in [0.25, 0.3) is 0 Å². The van der Waals surface area contributed by atoms with Crippen molar-refractivity contribution in [2.45, 2.75) is 38.1 Å². The number of rotatable bonds is 5. The van der Waals surface area contributed by atoms with Crippen molar-refractivity contribution in [3.63, 3.8) is 0 Å². The van der Waals surface area contributed by atoms with Crippen molar-refractivity contribution in [1.29, 1.82) is 0 Å². The number of nitrogens with one attached hydrogen (secondary N) is 1. The second-order valence-electron chi connectivity index (χ2n) is 6.90. The smallest absolute Gasteiger partial charge is 0.164 e. The van der Waals surface area contributed by atoms with E-state index in [-0.39, 0.29) is 5.56 Å². The molecule has 1 N–H and O–H groups in total. The van der Waals surface area contributed by atoms with Crippen LogP contribution in [-0.2, 0) is 4.84 Å². The average molecular weight is 360 g/mol. The third-order valence-corrected chi connectivity index (χ3v) is 5.17. The largest absolute Gasteiger partial charge is 0.370 e. The Bertz CT molecular complexity index is 767. The Hall–Kier alpha value is -2.28. The SMILES string of the molecule is Fc1cccc(C2CCON2c2cc(NCC3CCCC3)ncn2)c1F. The first-order valence-corrected chi connectivity index (χ1v) is 9.14. The normalized spacial score (nSPS) is 20.7. The van der Waals surface area contributed by atoms with Crippen molar-refractivity contribution in [3.8, 4) is 0 Å². The zero-order valence-corrected chi connectivity index (χ0v) is 14.5. The van der Waals surface area contributed by atoms with E-state index in [1.54, 1.807) is 17.2 Å². The third kappa shape index (κ3) is 3.49. The van der Waals surface area contributed by atoms with E-state index >= 15 is 0 Å². The Balaban J connectivity index is 1.52. The summed E-state index contributed by atoms with van der Waals surface area (Å²) in [6.45, 7) is 1.31. The number of nitrogens with zero attached hydrogens (tertiary/aromatic N) is 3. The Morgan fingerprint density at radius 3 is 2.85 bits per heavy atom. The van der Waals surface area contributed by atoms with Crippen LogP contribution in [0.5, 0.6) is 0 Å². The molecule has 1 aliphatic carbocycles. The molecule has 2 aliphatic rings. The minimum Gasteiger partial charge on any atom is -0.370 e. The third-order valence-electron chi connectivity index (χ3n) is 5.17. The summed E-state index contributed by atoms with van der Waals surface area (Å²) in [5, 5.41) is 4.91. The summed E-state index contributed by atoms with van der Waals surface area (Å²) in [4.78, 5) is 14.2. The number of benzene rings is 1. The zero-order valence-electron chi connectivity index (χ0n) is 14.5. The second kappa shape index (κ2) is 7.53. The van der Waals surface area contributed by atoms with Crippen LogP contribution in [0.4, 0.5) is 20.4 Å². The molecule has 2 aromatic rings. The number of hydrogen-bond donors (Lipinski definition) is 1. The first-order valence-electron chi connectivity index (χ1n) is 9.14. The highest BCUT2D eigenvalue weighted by Gasteiger charge is 2.32. The van der Waals surface area contributed by atoms with Crippen LogP contribution in [0.2, 0.25) is 0 Å². The maximum absolute atomic E-state index is 14.2. The molecule has 26 heavy (non-hydrogen) atoms. The highest BCUT2D eigenvalue weighted by atomic mass is 19.2. The monoisotopic (exact) mass is 360 g/mol. The molecule has 5 nitrogen and oxygen atoms in total. The van der Waals surface area contributed by atoms with E-state index in [9.17, 15) is 8.78 Å². The molecule has 7 heteroatoms. The Morgan fingerprint density at radius 1 is 1.15 bits per heavy atom. The Kier molecular flexibility index (Phi) is 4.97. The van der Waals surface area contributed by atoms with Crippen LogP contribution in [0.3, 0.4) is 0 Å². The van der Waals surface area contributed by atoms with E-state index in [1.165, 1.54) is 38.1 Å². The lowest BCUT2D eigenvalue weighted by Gasteiger charge is -2.24. The topological polar surface area (TPSA) is 50.3 Å². The minimum atomic E-state index is -0.851. The van der Waals surface area contributed by atoms with Crippen molar-refractivity contribution < 1.29 is 13.6 Å². The molecule has 1 aromatic carbocycles. The lowest BCUT2D eigenvalue weighted by molar-refractivity contribution is 0.156. The van der Waals surface area contributed by atoms with Crippen LogP contribution in [0.1, 0.15) is 43.7 Å². The van der Waals surface area contributed by atoms with Gasteiger partial charge in [-0.25, -0.2) is 23.8 Å². The van der Waals surface area contributed by atoms with Gasteiger partial charge in [-0.2, -0.15) is 0 Å². The highest BCUT2D eigenvalue weighted by Crippen LogP contribution is 2.36. The molecule has 1 saturated heterocycles. The summed E-state index contributed by atoms with van der Waals surface area (Å²) in [6.07, 6.45) is 7.12. The van der Waals surface area contributed by atoms with E-state index in [2.05, 4.69) is 15.3 Å². The van der Waals surface area contributed by atoms with E-state index in [0.717, 1.165) is 18.4 Å². The maximum atomic E-state index is 14.2. The molecule has 2 fully saturated rings. The molecule has 0 amide bonds. The van der Waals surface area contributed by atoms with Gasteiger partial charge < -0.3 is 5.32 Å². The van der Waals surface area contributed by atoms with Crippen LogP contribution in [-0.4, -0.2) is 23.1 Å². The standard InChI is InChI=1S/C19H22F2N4O/c20-15-7-3-6-14(19(15)21)16-8-9-26-25(16)18-10-17(23-12-24-18)22-11-13-4-1-2-5-13/h3,6-7,10,12-13,16H,1-2,4-5,8-9,11H2,(H,22,23,24). The van der Waals surface area contributed by atoms with Crippen LogP contribution in [0, 0.1) is 17.6 Å². The van der Waals surface area contributed by atoms with Crippen molar-refractivity contribution in [3.05, 3.63) is 47.8 Å². The van der Waals surface area contributed by atoms with E-state index in [1.807, 2.05) is 0 Å². The van der Waals surface area contributed by atoms with Gasteiger partial charge in [-0.3, -0.25) is 4.84 Å². The van der Waals surface area contributed by atoms with Gasteiger partial charge in [-0.1, -0.05) is 25.0 Å². The highest BCUT2D eigenvalue weighted by molar-refractivity contribution is 5.49. The number of hydrogen-bond acceptors (Lipinski definition) is 5. The van der Waals surface area contributed by atoms with Crippen molar-refractivity contribution in [1.82, 2.24) is 9.97 Å². The van der Waals surface area contributed by atoms with Gasteiger partial charge in [-0.15, -0.1) is 0 Å². The summed E-state index contributed by atoms with van der Waals surface area (Å²) in [5.41, 5.74) is 0.279. The molecule has 1 atom stereocenters.